The fourth-order valence-corrected chi connectivity index (χ4v) is 2.95. The summed E-state index contributed by atoms with van der Waals surface area (Å²) < 4.78 is 12.2. The Balaban J connectivity index is 1.60. The van der Waals surface area contributed by atoms with Crippen molar-refractivity contribution in [3.63, 3.8) is 0 Å². The van der Waals surface area contributed by atoms with Crippen LogP contribution in [0.15, 0.2) is 59.5 Å². The smallest absolute Gasteiger partial charge is 0.329 e. The van der Waals surface area contributed by atoms with Crippen LogP contribution in [0.3, 0.4) is 0 Å². The van der Waals surface area contributed by atoms with Crippen LogP contribution in [0.4, 0.5) is 0 Å². The summed E-state index contributed by atoms with van der Waals surface area (Å²) in [5.41, 5.74) is 1.48. The van der Waals surface area contributed by atoms with Crippen molar-refractivity contribution in [2.75, 3.05) is 6.61 Å². The van der Waals surface area contributed by atoms with Crippen molar-refractivity contribution in [2.24, 2.45) is 5.92 Å². The quantitative estimate of drug-likeness (QED) is 0.558. The van der Waals surface area contributed by atoms with Crippen LogP contribution in [-0.2, 0) is 20.9 Å². The molecule has 8 nitrogen and oxygen atoms in total. The second-order valence-corrected chi connectivity index (χ2v) is 7.52. The van der Waals surface area contributed by atoms with Gasteiger partial charge in [0.05, 0.1) is 5.69 Å². The van der Waals surface area contributed by atoms with Crippen molar-refractivity contribution >= 4 is 17.5 Å². The van der Waals surface area contributed by atoms with Gasteiger partial charge in [0.2, 0.25) is 0 Å². The van der Waals surface area contributed by atoms with E-state index in [1.165, 1.54) is 10.5 Å². The summed E-state index contributed by atoms with van der Waals surface area (Å²) in [5, 5.41) is 2.65. The van der Waals surface area contributed by atoms with Crippen molar-refractivity contribution < 1.29 is 19.1 Å². The van der Waals surface area contributed by atoms with Gasteiger partial charge in [-0.25, -0.2) is 9.78 Å². The van der Waals surface area contributed by atoms with Crippen LogP contribution < -0.4 is 15.6 Å². The molecule has 8 heteroatoms. The van der Waals surface area contributed by atoms with Gasteiger partial charge in [0, 0.05) is 12.3 Å². The number of pyridine rings is 1. The molecular formula is C23H25N3O5. The Morgan fingerprint density at radius 2 is 1.87 bits per heavy atom. The van der Waals surface area contributed by atoms with Crippen LogP contribution in [0, 0.1) is 12.8 Å². The molecule has 0 aliphatic rings. The number of carbonyl (C=O) groups excluding carboxylic acids is 2. The van der Waals surface area contributed by atoms with Gasteiger partial charge in [-0.15, -0.1) is 0 Å². The van der Waals surface area contributed by atoms with E-state index in [9.17, 15) is 14.4 Å². The summed E-state index contributed by atoms with van der Waals surface area (Å²) >= 11 is 0. The SMILES string of the molecule is Cc1ccc2nc(COC(=O)[C@@H](NC(=O)COc3ccccc3)C(C)C)cc(=O)n2c1. The lowest BCUT2D eigenvalue weighted by molar-refractivity contribution is -0.150. The second kappa shape index (κ2) is 9.88. The first kappa shape index (κ1) is 22.0. The number of hydrogen-bond acceptors (Lipinski definition) is 6. The molecule has 0 radical (unpaired) electrons. The predicted molar refractivity (Wildman–Crippen MR) is 115 cm³/mol. The molecule has 0 aliphatic carbocycles. The van der Waals surface area contributed by atoms with Crippen LogP contribution in [0.5, 0.6) is 5.75 Å². The van der Waals surface area contributed by atoms with Gasteiger partial charge in [-0.05, 0) is 36.6 Å². The number of aromatic nitrogens is 2. The van der Waals surface area contributed by atoms with Crippen LogP contribution in [0.2, 0.25) is 0 Å². The van der Waals surface area contributed by atoms with Crippen molar-refractivity contribution in [3.8, 4) is 5.75 Å². The lowest BCUT2D eigenvalue weighted by atomic mass is 10.0. The maximum absolute atomic E-state index is 12.6. The number of fused-ring (bicyclic) bond motifs is 1. The molecule has 0 bridgehead atoms. The van der Waals surface area contributed by atoms with E-state index in [1.807, 2.05) is 19.1 Å². The largest absolute Gasteiger partial charge is 0.484 e. The Morgan fingerprint density at radius 3 is 2.58 bits per heavy atom. The number of amides is 1. The predicted octanol–water partition coefficient (Wildman–Crippen LogP) is 2.27. The lowest BCUT2D eigenvalue weighted by Gasteiger charge is -2.21. The molecule has 3 rings (SSSR count). The maximum atomic E-state index is 12.6. The van der Waals surface area contributed by atoms with Gasteiger partial charge in [-0.1, -0.05) is 38.1 Å². The molecule has 0 spiro atoms. The summed E-state index contributed by atoms with van der Waals surface area (Å²) in [6.45, 7) is 5.09. The van der Waals surface area contributed by atoms with Crippen LogP contribution in [-0.4, -0.2) is 33.9 Å². The van der Waals surface area contributed by atoms with Gasteiger partial charge in [0.15, 0.2) is 6.61 Å². The average molecular weight is 423 g/mol. The summed E-state index contributed by atoms with van der Waals surface area (Å²) in [4.78, 5) is 41.4. The third-order valence-electron chi connectivity index (χ3n) is 4.57. The minimum absolute atomic E-state index is 0.169. The van der Waals surface area contributed by atoms with E-state index in [2.05, 4.69) is 10.3 Å². The number of rotatable bonds is 8. The molecule has 0 saturated carbocycles. The molecule has 1 amide bonds. The van der Waals surface area contributed by atoms with Gasteiger partial charge in [0.1, 0.15) is 24.0 Å². The Bertz CT molecular complexity index is 1130. The van der Waals surface area contributed by atoms with Gasteiger partial charge < -0.3 is 14.8 Å². The molecule has 3 aromatic rings. The monoisotopic (exact) mass is 423 g/mol. The molecule has 0 saturated heterocycles. The highest BCUT2D eigenvalue weighted by Crippen LogP contribution is 2.10. The number of esters is 1. The Labute approximate surface area is 179 Å². The Hall–Kier alpha value is -3.68. The van der Waals surface area contributed by atoms with Gasteiger partial charge in [0.25, 0.3) is 11.5 Å². The average Bonchev–Trinajstić information content (AvgIpc) is 2.75. The number of benzene rings is 1. The number of nitrogens with one attached hydrogen (secondary N) is 1. The Kier molecular flexibility index (Phi) is 7.02. The maximum Gasteiger partial charge on any atom is 0.329 e. The van der Waals surface area contributed by atoms with Gasteiger partial charge in [-0.2, -0.15) is 0 Å². The Morgan fingerprint density at radius 1 is 1.13 bits per heavy atom. The van der Waals surface area contributed by atoms with Gasteiger partial charge >= 0.3 is 5.97 Å². The minimum atomic E-state index is -0.851. The molecular weight excluding hydrogens is 398 g/mol. The molecule has 162 valence electrons. The first-order valence-electron chi connectivity index (χ1n) is 9.96. The highest BCUT2D eigenvalue weighted by molar-refractivity contribution is 5.85. The molecule has 1 N–H and O–H groups in total. The minimum Gasteiger partial charge on any atom is -0.484 e. The van der Waals surface area contributed by atoms with Crippen molar-refractivity contribution in [1.29, 1.82) is 0 Å². The summed E-state index contributed by atoms with van der Waals surface area (Å²) in [7, 11) is 0. The number of ether oxygens (including phenoxy) is 2. The number of nitrogens with zero attached hydrogens (tertiary/aromatic N) is 2. The highest BCUT2D eigenvalue weighted by Gasteiger charge is 2.26. The van der Waals surface area contributed by atoms with E-state index in [1.54, 1.807) is 50.4 Å². The molecule has 0 aliphatic heterocycles. The number of carbonyl (C=O) groups is 2. The normalized spacial score (nSPS) is 11.9. The van der Waals surface area contributed by atoms with Crippen LogP contribution in [0.25, 0.3) is 5.65 Å². The summed E-state index contributed by atoms with van der Waals surface area (Å²) in [5.74, 6) is -0.678. The number of hydrogen-bond donors (Lipinski definition) is 1. The van der Waals surface area contributed by atoms with E-state index in [4.69, 9.17) is 9.47 Å². The van der Waals surface area contributed by atoms with E-state index >= 15 is 0 Å². The molecule has 1 aromatic carbocycles. The van der Waals surface area contributed by atoms with E-state index in [0.29, 0.717) is 17.1 Å². The zero-order valence-corrected chi connectivity index (χ0v) is 17.7. The molecule has 0 unspecified atom stereocenters. The highest BCUT2D eigenvalue weighted by atomic mass is 16.5. The molecule has 31 heavy (non-hydrogen) atoms. The fraction of sp³-hybridized carbons (Fsp3) is 0.304. The molecule has 1 atom stereocenters. The molecule has 0 fully saturated rings. The van der Waals surface area contributed by atoms with E-state index in [0.717, 1.165) is 5.56 Å². The third-order valence-corrected chi connectivity index (χ3v) is 4.57. The standard InChI is InChI=1S/C23H25N3O5/c1-15(2)22(25-20(27)14-30-18-7-5-4-6-8-18)23(29)31-13-17-11-21(28)26-12-16(3)9-10-19(26)24-17/h4-12,15,22H,13-14H2,1-3H3,(H,25,27)/t22-/m0/s1. The third kappa shape index (κ3) is 5.91. The van der Waals surface area contributed by atoms with Crippen molar-refractivity contribution in [3.05, 3.63) is 76.3 Å². The van der Waals surface area contributed by atoms with Crippen LogP contribution in [0.1, 0.15) is 25.1 Å². The van der Waals surface area contributed by atoms with Crippen molar-refractivity contribution in [1.82, 2.24) is 14.7 Å². The van der Waals surface area contributed by atoms with Crippen molar-refractivity contribution in [2.45, 2.75) is 33.4 Å². The van der Waals surface area contributed by atoms with Crippen LogP contribution >= 0.6 is 0 Å². The topological polar surface area (TPSA) is 99.0 Å². The fourth-order valence-electron chi connectivity index (χ4n) is 2.95. The molecule has 2 heterocycles. The first-order chi connectivity index (χ1) is 14.8. The summed E-state index contributed by atoms with van der Waals surface area (Å²) in [6.07, 6.45) is 1.70. The zero-order chi connectivity index (χ0) is 22.4. The first-order valence-corrected chi connectivity index (χ1v) is 9.96. The van der Waals surface area contributed by atoms with E-state index in [-0.39, 0.29) is 24.7 Å². The second-order valence-electron chi connectivity index (χ2n) is 7.52. The van der Waals surface area contributed by atoms with Gasteiger partial charge in [-0.3, -0.25) is 14.0 Å². The molecule has 2 aromatic heterocycles. The number of para-hydroxylation sites is 1. The lowest BCUT2D eigenvalue weighted by Crippen LogP contribution is -2.46. The zero-order valence-electron chi connectivity index (χ0n) is 17.7. The summed E-state index contributed by atoms with van der Waals surface area (Å²) in [6, 6.07) is 13.0. The number of aryl methyl sites for hydroxylation is 1. The van der Waals surface area contributed by atoms with E-state index < -0.39 is 17.9 Å².